The van der Waals surface area contributed by atoms with Crippen molar-refractivity contribution in [1.82, 2.24) is 0 Å². The summed E-state index contributed by atoms with van der Waals surface area (Å²) in [6, 6.07) is 6.91. The molecule has 0 fully saturated rings. The van der Waals surface area contributed by atoms with Gasteiger partial charge in [-0.1, -0.05) is 6.07 Å². The molecule has 7 heteroatoms. The van der Waals surface area contributed by atoms with Gasteiger partial charge in [0, 0.05) is 11.8 Å². The molecule has 0 radical (unpaired) electrons. The van der Waals surface area contributed by atoms with Crippen LogP contribution in [0.2, 0.25) is 0 Å². The number of fused-ring (bicyclic) bond motifs is 1. The Morgan fingerprint density at radius 2 is 2.00 bits per heavy atom. The molecule has 112 valence electrons. The minimum absolute atomic E-state index is 0.0213. The Labute approximate surface area is 131 Å². The van der Waals surface area contributed by atoms with Gasteiger partial charge in [0.05, 0.1) is 0 Å². The Hall–Kier alpha value is -1.31. The molecule has 0 atom stereocenters. The zero-order valence-electron chi connectivity index (χ0n) is 11.1. The fourth-order valence-electron chi connectivity index (χ4n) is 2.50. The average Bonchev–Trinajstić information content (AvgIpc) is 3.04. The highest BCUT2D eigenvalue weighted by molar-refractivity contribution is 9.10. The predicted molar refractivity (Wildman–Crippen MR) is 81.6 cm³/mol. The molecule has 1 aromatic carbocycles. The molecular formula is C14H14BrNO4S. The van der Waals surface area contributed by atoms with Gasteiger partial charge in [-0.2, -0.15) is 0 Å². The number of rotatable bonds is 4. The molecule has 3 rings (SSSR count). The Morgan fingerprint density at radius 1 is 1.24 bits per heavy atom. The third-order valence-corrected chi connectivity index (χ3v) is 5.74. The standard InChI is InChI=1S/C14H14BrNO4S/c15-14-13(7-12(8-17)20-14)21(18,19)16-11-5-4-9-2-1-3-10(9)6-11/h4-7,16-17H,1-3,8H2. The Balaban J connectivity index is 1.90. The van der Waals surface area contributed by atoms with Gasteiger partial charge in [0.1, 0.15) is 17.3 Å². The van der Waals surface area contributed by atoms with Crippen LogP contribution in [0.15, 0.2) is 38.2 Å². The second kappa shape index (κ2) is 5.47. The number of anilines is 1. The van der Waals surface area contributed by atoms with E-state index in [2.05, 4.69) is 20.7 Å². The molecule has 1 aliphatic rings. The van der Waals surface area contributed by atoms with Gasteiger partial charge in [-0.15, -0.1) is 0 Å². The first kappa shape index (κ1) is 14.6. The molecule has 1 aromatic heterocycles. The van der Waals surface area contributed by atoms with E-state index in [9.17, 15) is 8.42 Å². The van der Waals surface area contributed by atoms with Crippen molar-refractivity contribution >= 4 is 31.6 Å². The SMILES string of the molecule is O=S(=O)(Nc1ccc2c(c1)CCC2)c1cc(CO)oc1Br. The van der Waals surface area contributed by atoms with Crippen LogP contribution in [0, 0.1) is 0 Å². The third-order valence-electron chi connectivity index (χ3n) is 3.50. The molecule has 0 saturated carbocycles. The molecule has 1 aliphatic carbocycles. The first-order valence-electron chi connectivity index (χ1n) is 6.53. The number of sulfonamides is 1. The predicted octanol–water partition coefficient (Wildman–Crippen LogP) is 2.82. The minimum Gasteiger partial charge on any atom is -0.450 e. The molecule has 1 heterocycles. The summed E-state index contributed by atoms with van der Waals surface area (Å²) in [6.45, 7) is -0.354. The number of benzene rings is 1. The van der Waals surface area contributed by atoms with Crippen LogP contribution >= 0.6 is 15.9 Å². The lowest BCUT2D eigenvalue weighted by atomic mass is 10.1. The summed E-state index contributed by atoms with van der Waals surface area (Å²) in [5.74, 6) is 0.191. The van der Waals surface area contributed by atoms with Gasteiger partial charge in [-0.3, -0.25) is 4.72 Å². The molecule has 0 saturated heterocycles. The molecule has 2 N–H and O–H groups in total. The molecule has 21 heavy (non-hydrogen) atoms. The number of aliphatic hydroxyl groups excluding tert-OH is 1. The van der Waals surface area contributed by atoms with Crippen LogP contribution in [0.1, 0.15) is 23.3 Å². The summed E-state index contributed by atoms with van der Waals surface area (Å²) in [5.41, 5.74) is 3.01. The maximum absolute atomic E-state index is 12.4. The molecular weight excluding hydrogens is 358 g/mol. The van der Waals surface area contributed by atoms with E-state index in [0.29, 0.717) is 5.69 Å². The van der Waals surface area contributed by atoms with Gasteiger partial charge in [-0.05, 0) is 58.5 Å². The van der Waals surface area contributed by atoms with E-state index in [4.69, 9.17) is 9.52 Å². The molecule has 5 nitrogen and oxygen atoms in total. The summed E-state index contributed by atoms with van der Waals surface area (Å²) in [6.07, 6.45) is 3.14. The summed E-state index contributed by atoms with van der Waals surface area (Å²) < 4.78 is 32.5. The topological polar surface area (TPSA) is 79.5 Å². The molecule has 0 spiro atoms. The normalized spacial score (nSPS) is 14.2. The van der Waals surface area contributed by atoms with E-state index in [1.165, 1.54) is 17.2 Å². The second-order valence-corrected chi connectivity index (χ2v) is 7.32. The summed E-state index contributed by atoms with van der Waals surface area (Å²) in [4.78, 5) is -0.0213. The number of hydrogen-bond acceptors (Lipinski definition) is 4. The molecule has 0 unspecified atom stereocenters. The van der Waals surface area contributed by atoms with Crippen molar-refractivity contribution in [2.75, 3.05) is 4.72 Å². The maximum atomic E-state index is 12.4. The minimum atomic E-state index is -3.75. The monoisotopic (exact) mass is 371 g/mol. The summed E-state index contributed by atoms with van der Waals surface area (Å²) in [7, 11) is -3.75. The van der Waals surface area contributed by atoms with Gasteiger partial charge in [0.2, 0.25) is 0 Å². The van der Waals surface area contributed by atoms with Crippen LogP contribution in [-0.4, -0.2) is 13.5 Å². The number of hydrogen-bond donors (Lipinski definition) is 2. The van der Waals surface area contributed by atoms with Crippen LogP contribution in [0.3, 0.4) is 0 Å². The number of nitrogens with one attached hydrogen (secondary N) is 1. The number of halogens is 1. The van der Waals surface area contributed by atoms with E-state index < -0.39 is 10.0 Å². The van der Waals surface area contributed by atoms with E-state index in [0.717, 1.165) is 19.3 Å². The number of aliphatic hydroxyl groups is 1. The highest BCUT2D eigenvalue weighted by Crippen LogP contribution is 2.30. The van der Waals surface area contributed by atoms with E-state index >= 15 is 0 Å². The lowest BCUT2D eigenvalue weighted by Gasteiger charge is -2.08. The number of furan rings is 1. The van der Waals surface area contributed by atoms with Crippen LogP contribution in [0.4, 0.5) is 5.69 Å². The van der Waals surface area contributed by atoms with Crippen LogP contribution in [-0.2, 0) is 29.5 Å². The third kappa shape index (κ3) is 2.86. The highest BCUT2D eigenvalue weighted by atomic mass is 79.9. The van der Waals surface area contributed by atoms with Crippen molar-refractivity contribution in [2.24, 2.45) is 0 Å². The first-order valence-corrected chi connectivity index (χ1v) is 8.81. The van der Waals surface area contributed by atoms with Crippen molar-refractivity contribution in [2.45, 2.75) is 30.8 Å². The van der Waals surface area contributed by atoms with Crippen molar-refractivity contribution in [3.8, 4) is 0 Å². The zero-order chi connectivity index (χ0) is 15.0. The van der Waals surface area contributed by atoms with Crippen molar-refractivity contribution < 1.29 is 17.9 Å². The lowest BCUT2D eigenvalue weighted by Crippen LogP contribution is -2.12. The van der Waals surface area contributed by atoms with Gasteiger partial charge in [0.25, 0.3) is 10.0 Å². The first-order chi connectivity index (χ1) is 9.99. The van der Waals surface area contributed by atoms with Crippen LogP contribution < -0.4 is 4.72 Å². The van der Waals surface area contributed by atoms with Crippen molar-refractivity contribution in [3.05, 3.63) is 45.8 Å². The van der Waals surface area contributed by atoms with Gasteiger partial charge in [-0.25, -0.2) is 8.42 Å². The van der Waals surface area contributed by atoms with Crippen molar-refractivity contribution in [1.29, 1.82) is 0 Å². The number of aryl methyl sites for hydroxylation is 2. The van der Waals surface area contributed by atoms with E-state index in [1.54, 1.807) is 6.07 Å². The highest BCUT2D eigenvalue weighted by Gasteiger charge is 2.23. The van der Waals surface area contributed by atoms with Crippen molar-refractivity contribution in [3.63, 3.8) is 0 Å². The molecule has 0 bridgehead atoms. The Morgan fingerprint density at radius 3 is 2.71 bits per heavy atom. The second-order valence-electron chi connectivity index (χ2n) is 4.95. The average molecular weight is 372 g/mol. The van der Waals surface area contributed by atoms with Gasteiger partial charge in [0.15, 0.2) is 4.67 Å². The molecule has 2 aromatic rings. The maximum Gasteiger partial charge on any atom is 0.266 e. The summed E-state index contributed by atoms with van der Waals surface area (Å²) >= 11 is 3.06. The fourth-order valence-corrected chi connectivity index (χ4v) is 4.55. The quantitative estimate of drug-likeness (QED) is 0.865. The smallest absolute Gasteiger partial charge is 0.266 e. The van der Waals surface area contributed by atoms with Crippen LogP contribution in [0.5, 0.6) is 0 Å². The fraction of sp³-hybridized carbons (Fsp3) is 0.286. The van der Waals surface area contributed by atoms with E-state index in [-0.39, 0.29) is 21.9 Å². The van der Waals surface area contributed by atoms with E-state index in [1.807, 2.05) is 12.1 Å². The van der Waals surface area contributed by atoms with Gasteiger partial charge >= 0.3 is 0 Å². The zero-order valence-corrected chi connectivity index (χ0v) is 13.5. The Kier molecular flexibility index (Phi) is 3.81. The Bertz CT molecular complexity index is 782. The molecule has 0 amide bonds. The lowest BCUT2D eigenvalue weighted by molar-refractivity contribution is 0.245. The molecule has 0 aliphatic heterocycles. The largest absolute Gasteiger partial charge is 0.450 e. The van der Waals surface area contributed by atoms with Gasteiger partial charge < -0.3 is 9.52 Å². The summed E-state index contributed by atoms with van der Waals surface area (Å²) in [5, 5.41) is 9.01. The van der Waals surface area contributed by atoms with Crippen LogP contribution in [0.25, 0.3) is 0 Å².